The molecule has 1 atom stereocenters. The molecule has 1 aromatic heterocycles. The Bertz CT molecular complexity index is 338. The Kier molecular flexibility index (Phi) is 4.24. The van der Waals surface area contributed by atoms with Gasteiger partial charge in [0, 0.05) is 17.6 Å². The molecule has 82 valence electrons. The summed E-state index contributed by atoms with van der Waals surface area (Å²) < 4.78 is 0. The molecule has 0 saturated heterocycles. The monoisotopic (exact) mass is 207 g/mol. The number of carbonyl (C=O) groups is 1. The van der Waals surface area contributed by atoms with Gasteiger partial charge in [-0.25, -0.2) is 0 Å². The van der Waals surface area contributed by atoms with Gasteiger partial charge in [-0.2, -0.15) is 0 Å². The van der Waals surface area contributed by atoms with Crippen LogP contribution in [0.1, 0.15) is 25.5 Å². The Morgan fingerprint density at radius 1 is 1.67 bits per heavy atom. The van der Waals surface area contributed by atoms with Gasteiger partial charge in [0.25, 0.3) is 0 Å². The van der Waals surface area contributed by atoms with Crippen molar-refractivity contribution in [3.8, 4) is 0 Å². The van der Waals surface area contributed by atoms with E-state index in [1.54, 1.807) is 12.3 Å². The molecular weight excluding hydrogens is 190 g/mol. The average molecular weight is 207 g/mol. The number of pyridine rings is 1. The number of aromatic nitrogens is 1. The van der Waals surface area contributed by atoms with E-state index in [0.717, 1.165) is 17.8 Å². The number of hydrogen-bond acceptors (Lipinski definition) is 3. The summed E-state index contributed by atoms with van der Waals surface area (Å²) in [6.07, 6.45) is 3.27. The van der Waals surface area contributed by atoms with Crippen molar-refractivity contribution in [2.45, 2.75) is 32.7 Å². The first-order valence-corrected chi connectivity index (χ1v) is 5.12. The van der Waals surface area contributed by atoms with E-state index < -0.39 is 6.04 Å². The summed E-state index contributed by atoms with van der Waals surface area (Å²) in [4.78, 5) is 15.6. The molecule has 15 heavy (non-hydrogen) atoms. The van der Waals surface area contributed by atoms with Gasteiger partial charge in [-0.1, -0.05) is 13.3 Å². The highest BCUT2D eigenvalue weighted by Gasteiger charge is 2.11. The average Bonchev–Trinajstić information content (AvgIpc) is 2.18. The lowest BCUT2D eigenvalue weighted by molar-refractivity contribution is -0.117. The van der Waals surface area contributed by atoms with E-state index in [1.807, 2.05) is 19.9 Å². The molecule has 0 spiro atoms. The first kappa shape index (κ1) is 11.7. The first-order chi connectivity index (χ1) is 7.13. The van der Waals surface area contributed by atoms with Crippen LogP contribution in [0.25, 0.3) is 0 Å². The second-order valence-electron chi connectivity index (χ2n) is 3.57. The molecule has 0 bridgehead atoms. The van der Waals surface area contributed by atoms with Crippen molar-refractivity contribution in [1.82, 2.24) is 4.98 Å². The summed E-state index contributed by atoms with van der Waals surface area (Å²) in [6.45, 7) is 3.88. The fraction of sp³-hybridized carbons (Fsp3) is 0.455. The molecule has 3 N–H and O–H groups in total. The van der Waals surface area contributed by atoms with Crippen LogP contribution in [0.5, 0.6) is 0 Å². The quantitative estimate of drug-likeness (QED) is 0.785. The summed E-state index contributed by atoms with van der Waals surface area (Å²) in [6, 6.07) is 3.14. The van der Waals surface area contributed by atoms with Gasteiger partial charge in [0.15, 0.2) is 0 Å². The van der Waals surface area contributed by atoms with Gasteiger partial charge in [0.2, 0.25) is 5.91 Å². The molecule has 1 amide bonds. The number of anilines is 1. The lowest BCUT2D eigenvalue weighted by Gasteiger charge is -2.11. The maximum Gasteiger partial charge on any atom is 0.241 e. The molecule has 0 aliphatic heterocycles. The molecule has 4 nitrogen and oxygen atoms in total. The van der Waals surface area contributed by atoms with Gasteiger partial charge in [0.05, 0.1) is 6.04 Å². The number of carbonyl (C=O) groups excluding carboxylic acids is 1. The molecule has 0 aromatic carbocycles. The highest BCUT2D eigenvalue weighted by molar-refractivity contribution is 5.94. The van der Waals surface area contributed by atoms with Gasteiger partial charge in [-0.3, -0.25) is 9.78 Å². The van der Waals surface area contributed by atoms with Crippen molar-refractivity contribution >= 4 is 11.6 Å². The molecule has 0 unspecified atom stereocenters. The molecule has 4 heteroatoms. The fourth-order valence-electron chi connectivity index (χ4n) is 1.30. The minimum absolute atomic E-state index is 0.137. The maximum atomic E-state index is 11.6. The SMILES string of the molecule is CCC[C@H](N)C(=O)Nc1ccnc(C)c1. The Morgan fingerprint density at radius 3 is 3.00 bits per heavy atom. The van der Waals surface area contributed by atoms with Crippen LogP contribution in [0.3, 0.4) is 0 Å². The number of nitrogens with one attached hydrogen (secondary N) is 1. The van der Waals surface area contributed by atoms with Crippen LogP contribution in [-0.2, 0) is 4.79 Å². The summed E-state index contributed by atoms with van der Waals surface area (Å²) in [5.74, 6) is -0.137. The van der Waals surface area contributed by atoms with Crippen LogP contribution in [0.2, 0.25) is 0 Å². The summed E-state index contributed by atoms with van der Waals surface area (Å²) in [5.41, 5.74) is 7.31. The Morgan fingerprint density at radius 2 is 2.40 bits per heavy atom. The number of hydrogen-bond donors (Lipinski definition) is 2. The molecule has 0 aliphatic carbocycles. The number of aryl methyl sites for hydroxylation is 1. The van der Waals surface area contributed by atoms with Crippen LogP contribution in [0.15, 0.2) is 18.3 Å². The smallest absolute Gasteiger partial charge is 0.241 e. The number of amides is 1. The Labute approximate surface area is 89.9 Å². The van der Waals surface area contributed by atoms with Crippen LogP contribution in [0.4, 0.5) is 5.69 Å². The third kappa shape index (κ3) is 3.67. The van der Waals surface area contributed by atoms with Gasteiger partial charge >= 0.3 is 0 Å². The standard InChI is InChI=1S/C11H17N3O/c1-3-4-10(12)11(15)14-9-5-6-13-8(2)7-9/h5-7,10H,3-4,12H2,1-2H3,(H,13,14,15)/t10-/m0/s1. The lowest BCUT2D eigenvalue weighted by Crippen LogP contribution is -2.35. The second kappa shape index (κ2) is 5.46. The minimum atomic E-state index is -0.427. The lowest BCUT2D eigenvalue weighted by atomic mass is 10.1. The highest BCUT2D eigenvalue weighted by Crippen LogP contribution is 2.07. The van der Waals surface area contributed by atoms with E-state index in [4.69, 9.17) is 5.73 Å². The van der Waals surface area contributed by atoms with Crippen molar-refractivity contribution in [2.75, 3.05) is 5.32 Å². The molecule has 0 fully saturated rings. The van der Waals surface area contributed by atoms with Crippen LogP contribution in [0, 0.1) is 6.92 Å². The molecule has 1 heterocycles. The van der Waals surface area contributed by atoms with Crippen molar-refractivity contribution in [1.29, 1.82) is 0 Å². The summed E-state index contributed by atoms with van der Waals surface area (Å²) in [5, 5.41) is 2.76. The summed E-state index contributed by atoms with van der Waals surface area (Å²) >= 11 is 0. The number of nitrogens with two attached hydrogens (primary N) is 1. The van der Waals surface area contributed by atoms with Crippen molar-refractivity contribution in [2.24, 2.45) is 5.73 Å². The van der Waals surface area contributed by atoms with E-state index in [2.05, 4.69) is 10.3 Å². The fourth-order valence-corrected chi connectivity index (χ4v) is 1.30. The van der Waals surface area contributed by atoms with Gasteiger partial charge in [0.1, 0.15) is 0 Å². The van der Waals surface area contributed by atoms with Crippen molar-refractivity contribution in [3.63, 3.8) is 0 Å². The van der Waals surface area contributed by atoms with E-state index in [9.17, 15) is 4.79 Å². The first-order valence-electron chi connectivity index (χ1n) is 5.12. The molecule has 1 rings (SSSR count). The van der Waals surface area contributed by atoms with E-state index in [-0.39, 0.29) is 5.91 Å². The molecule has 0 aliphatic rings. The zero-order valence-electron chi connectivity index (χ0n) is 9.16. The number of nitrogens with zero attached hydrogens (tertiary/aromatic N) is 1. The van der Waals surface area contributed by atoms with E-state index in [0.29, 0.717) is 6.42 Å². The molecular formula is C11H17N3O. The molecule has 1 aromatic rings. The second-order valence-corrected chi connectivity index (χ2v) is 3.57. The molecule has 0 radical (unpaired) electrons. The Balaban J connectivity index is 2.58. The predicted molar refractivity (Wildman–Crippen MR) is 60.5 cm³/mol. The zero-order valence-corrected chi connectivity index (χ0v) is 9.16. The van der Waals surface area contributed by atoms with Crippen molar-refractivity contribution in [3.05, 3.63) is 24.0 Å². The zero-order chi connectivity index (χ0) is 11.3. The highest BCUT2D eigenvalue weighted by atomic mass is 16.2. The maximum absolute atomic E-state index is 11.6. The Hall–Kier alpha value is -1.42. The molecule has 0 saturated carbocycles. The van der Waals surface area contributed by atoms with Crippen LogP contribution >= 0.6 is 0 Å². The number of rotatable bonds is 4. The van der Waals surface area contributed by atoms with Gasteiger partial charge in [-0.05, 0) is 25.5 Å². The van der Waals surface area contributed by atoms with Gasteiger partial charge in [-0.15, -0.1) is 0 Å². The summed E-state index contributed by atoms with van der Waals surface area (Å²) in [7, 11) is 0. The van der Waals surface area contributed by atoms with Crippen LogP contribution < -0.4 is 11.1 Å². The topological polar surface area (TPSA) is 68.0 Å². The third-order valence-electron chi connectivity index (χ3n) is 2.10. The van der Waals surface area contributed by atoms with E-state index >= 15 is 0 Å². The van der Waals surface area contributed by atoms with Crippen molar-refractivity contribution < 1.29 is 4.79 Å². The van der Waals surface area contributed by atoms with Gasteiger partial charge < -0.3 is 11.1 Å². The normalized spacial score (nSPS) is 12.2. The van der Waals surface area contributed by atoms with E-state index in [1.165, 1.54) is 0 Å². The largest absolute Gasteiger partial charge is 0.325 e. The third-order valence-corrected chi connectivity index (χ3v) is 2.10. The predicted octanol–water partition coefficient (Wildman–Crippen LogP) is 1.46. The van der Waals surface area contributed by atoms with Crippen LogP contribution in [-0.4, -0.2) is 16.9 Å². The minimum Gasteiger partial charge on any atom is -0.325 e.